The average molecular weight is 420 g/mol. The lowest BCUT2D eigenvalue weighted by molar-refractivity contribution is -0.121. The van der Waals surface area contributed by atoms with Crippen LogP contribution in [0.25, 0.3) is 0 Å². The number of rotatable bonds is 7. The molecular formula is C20H25N3O5S. The fraction of sp³-hybridized carbons (Fsp3) is 0.300. The van der Waals surface area contributed by atoms with Gasteiger partial charge in [-0.2, -0.15) is 4.31 Å². The molecule has 0 unspecified atom stereocenters. The molecule has 29 heavy (non-hydrogen) atoms. The number of aryl methyl sites for hydroxylation is 1. The molecule has 9 heteroatoms. The number of hydrogen-bond donors (Lipinski definition) is 2. The molecule has 2 N–H and O–H groups in total. The van der Waals surface area contributed by atoms with Crippen molar-refractivity contribution >= 4 is 21.8 Å². The van der Waals surface area contributed by atoms with E-state index in [2.05, 4.69) is 10.9 Å². The van der Waals surface area contributed by atoms with E-state index >= 15 is 0 Å². The largest absolute Gasteiger partial charge is 0.491 e. The van der Waals surface area contributed by atoms with Crippen LogP contribution in [0.3, 0.4) is 0 Å². The second-order valence-corrected chi connectivity index (χ2v) is 8.81. The highest BCUT2D eigenvalue weighted by Crippen LogP contribution is 2.15. The minimum absolute atomic E-state index is 0.0159. The van der Waals surface area contributed by atoms with Crippen molar-refractivity contribution in [1.29, 1.82) is 0 Å². The summed E-state index contributed by atoms with van der Waals surface area (Å²) in [5.74, 6) is -0.571. The van der Waals surface area contributed by atoms with Crippen molar-refractivity contribution in [1.82, 2.24) is 15.2 Å². The summed E-state index contributed by atoms with van der Waals surface area (Å²) < 4.78 is 31.4. The van der Waals surface area contributed by atoms with Crippen LogP contribution in [0, 0.1) is 6.92 Å². The van der Waals surface area contributed by atoms with E-state index in [1.54, 1.807) is 36.4 Å². The fourth-order valence-corrected chi connectivity index (χ4v) is 3.50. The molecule has 0 saturated heterocycles. The molecule has 0 aliphatic rings. The fourth-order valence-electron chi connectivity index (χ4n) is 2.37. The van der Waals surface area contributed by atoms with Crippen LogP contribution in [-0.2, 0) is 14.8 Å². The van der Waals surface area contributed by atoms with Crippen molar-refractivity contribution in [2.24, 2.45) is 0 Å². The number of carbonyl (C=O) groups is 2. The van der Waals surface area contributed by atoms with Crippen LogP contribution in [0.4, 0.5) is 0 Å². The summed E-state index contributed by atoms with van der Waals surface area (Å²) in [5.41, 5.74) is 5.73. The van der Waals surface area contributed by atoms with Crippen LogP contribution in [0.5, 0.6) is 5.75 Å². The number of nitrogens with zero attached hydrogens (tertiary/aromatic N) is 1. The van der Waals surface area contributed by atoms with Crippen LogP contribution in [0.1, 0.15) is 29.8 Å². The zero-order chi connectivity index (χ0) is 21.6. The van der Waals surface area contributed by atoms with Crippen molar-refractivity contribution in [3.63, 3.8) is 0 Å². The summed E-state index contributed by atoms with van der Waals surface area (Å²) in [7, 11) is -2.51. The molecule has 8 nitrogen and oxygen atoms in total. The van der Waals surface area contributed by atoms with Crippen LogP contribution in [-0.4, -0.2) is 44.2 Å². The van der Waals surface area contributed by atoms with Gasteiger partial charge in [0, 0.05) is 12.6 Å². The topological polar surface area (TPSA) is 105 Å². The summed E-state index contributed by atoms with van der Waals surface area (Å²) in [6.45, 7) is 5.19. The molecule has 0 fully saturated rings. The predicted molar refractivity (Wildman–Crippen MR) is 109 cm³/mol. The van der Waals surface area contributed by atoms with Crippen molar-refractivity contribution in [2.45, 2.75) is 31.8 Å². The van der Waals surface area contributed by atoms with Gasteiger partial charge in [0.2, 0.25) is 10.0 Å². The highest BCUT2D eigenvalue weighted by molar-refractivity contribution is 7.89. The normalized spacial score (nSPS) is 11.4. The smallest absolute Gasteiger partial charge is 0.269 e. The summed E-state index contributed by atoms with van der Waals surface area (Å²) in [5, 5.41) is 0. The van der Waals surface area contributed by atoms with E-state index in [9.17, 15) is 18.0 Å². The standard InChI is InChI=1S/C20H25N3O5S/c1-14(2)28-17-9-7-16(8-10-17)20(25)22-21-19(24)13-23(4)29(26,27)18-11-5-15(3)6-12-18/h5-12,14H,13H2,1-4H3,(H,21,24)(H,22,25). The Kier molecular flexibility index (Phi) is 7.35. The Bertz CT molecular complexity index is 955. The summed E-state index contributed by atoms with van der Waals surface area (Å²) >= 11 is 0. The molecule has 0 radical (unpaired) electrons. The van der Waals surface area contributed by atoms with Gasteiger partial charge >= 0.3 is 0 Å². The lowest BCUT2D eigenvalue weighted by Gasteiger charge is -2.17. The van der Waals surface area contributed by atoms with Gasteiger partial charge in [-0.15, -0.1) is 0 Å². The summed E-state index contributed by atoms with van der Waals surface area (Å²) in [4.78, 5) is 24.3. The van der Waals surface area contributed by atoms with E-state index in [-0.39, 0.29) is 11.0 Å². The van der Waals surface area contributed by atoms with E-state index < -0.39 is 28.4 Å². The number of benzene rings is 2. The molecule has 0 spiro atoms. The van der Waals surface area contributed by atoms with Gasteiger partial charge in [0.25, 0.3) is 11.8 Å². The first-order valence-corrected chi connectivity index (χ1v) is 10.4. The number of hydrazine groups is 1. The monoisotopic (exact) mass is 419 g/mol. The van der Waals surface area contributed by atoms with Crippen LogP contribution in [0.15, 0.2) is 53.4 Å². The Morgan fingerprint density at radius 2 is 1.59 bits per heavy atom. The van der Waals surface area contributed by atoms with E-state index in [0.29, 0.717) is 11.3 Å². The molecule has 0 heterocycles. The molecular weight excluding hydrogens is 394 g/mol. The first-order chi connectivity index (χ1) is 13.6. The minimum atomic E-state index is -3.81. The van der Waals surface area contributed by atoms with Crippen LogP contribution >= 0.6 is 0 Å². The first-order valence-electron chi connectivity index (χ1n) is 8.98. The lowest BCUT2D eigenvalue weighted by Crippen LogP contribution is -2.46. The van der Waals surface area contributed by atoms with Gasteiger partial charge < -0.3 is 4.74 Å². The maximum Gasteiger partial charge on any atom is 0.269 e. The Morgan fingerprint density at radius 1 is 1.00 bits per heavy atom. The van der Waals surface area contributed by atoms with Crippen molar-refractivity contribution in [3.05, 3.63) is 59.7 Å². The minimum Gasteiger partial charge on any atom is -0.491 e. The van der Waals surface area contributed by atoms with E-state index in [1.807, 2.05) is 20.8 Å². The molecule has 2 rings (SSSR count). The number of sulfonamides is 1. The van der Waals surface area contributed by atoms with Gasteiger partial charge in [-0.3, -0.25) is 20.4 Å². The predicted octanol–water partition coefficient (Wildman–Crippen LogP) is 1.86. The van der Waals surface area contributed by atoms with Crippen LogP contribution < -0.4 is 15.6 Å². The van der Waals surface area contributed by atoms with Gasteiger partial charge in [-0.25, -0.2) is 8.42 Å². The Labute approximate surface area is 170 Å². The van der Waals surface area contributed by atoms with Crippen molar-refractivity contribution < 1.29 is 22.7 Å². The van der Waals surface area contributed by atoms with E-state index in [0.717, 1.165) is 9.87 Å². The second-order valence-electron chi connectivity index (χ2n) is 6.77. The average Bonchev–Trinajstić information content (AvgIpc) is 2.66. The van der Waals surface area contributed by atoms with Gasteiger partial charge in [0.15, 0.2) is 0 Å². The molecule has 0 saturated carbocycles. The number of carbonyl (C=O) groups excluding carboxylic acids is 2. The number of hydrogen-bond acceptors (Lipinski definition) is 5. The van der Waals surface area contributed by atoms with Crippen LogP contribution in [0.2, 0.25) is 0 Å². The Hall–Kier alpha value is -2.91. The number of likely N-dealkylation sites (N-methyl/N-ethyl adjacent to an activating group) is 1. The molecule has 0 bridgehead atoms. The number of amides is 2. The van der Waals surface area contributed by atoms with Gasteiger partial charge in [0.1, 0.15) is 5.75 Å². The zero-order valence-corrected chi connectivity index (χ0v) is 17.6. The molecule has 2 aromatic rings. The molecule has 0 aliphatic heterocycles. The molecule has 0 aromatic heterocycles. The highest BCUT2D eigenvalue weighted by atomic mass is 32.2. The first kappa shape index (κ1) is 22.4. The Balaban J connectivity index is 1.90. The van der Waals surface area contributed by atoms with E-state index in [4.69, 9.17) is 4.74 Å². The van der Waals surface area contributed by atoms with E-state index in [1.165, 1.54) is 19.2 Å². The third kappa shape index (κ3) is 6.30. The number of ether oxygens (including phenoxy) is 1. The number of nitrogens with one attached hydrogen (secondary N) is 2. The quantitative estimate of drug-likeness (QED) is 0.667. The van der Waals surface area contributed by atoms with Gasteiger partial charge in [-0.1, -0.05) is 17.7 Å². The lowest BCUT2D eigenvalue weighted by atomic mass is 10.2. The van der Waals surface area contributed by atoms with Crippen molar-refractivity contribution in [3.8, 4) is 5.75 Å². The molecule has 156 valence electrons. The second kappa shape index (κ2) is 9.53. The maximum absolute atomic E-state index is 12.5. The third-order valence-electron chi connectivity index (χ3n) is 3.90. The van der Waals surface area contributed by atoms with Crippen molar-refractivity contribution in [2.75, 3.05) is 13.6 Å². The summed E-state index contributed by atoms with van der Waals surface area (Å²) in [6.07, 6.45) is 0.0159. The highest BCUT2D eigenvalue weighted by Gasteiger charge is 2.23. The molecule has 0 atom stereocenters. The maximum atomic E-state index is 12.5. The van der Waals surface area contributed by atoms with Gasteiger partial charge in [-0.05, 0) is 57.2 Å². The SMILES string of the molecule is Cc1ccc(S(=O)(=O)N(C)CC(=O)NNC(=O)c2ccc(OC(C)C)cc2)cc1. The zero-order valence-electron chi connectivity index (χ0n) is 16.8. The summed E-state index contributed by atoms with van der Waals surface area (Å²) in [6, 6.07) is 12.7. The Morgan fingerprint density at radius 3 is 2.14 bits per heavy atom. The molecule has 0 aliphatic carbocycles. The molecule has 2 aromatic carbocycles. The molecule has 2 amide bonds. The third-order valence-corrected chi connectivity index (χ3v) is 5.72. The van der Waals surface area contributed by atoms with Gasteiger partial charge in [0.05, 0.1) is 17.5 Å².